The number of thiazole rings is 1. The van der Waals surface area contributed by atoms with E-state index in [1.54, 1.807) is 12.3 Å². The first-order valence-corrected chi connectivity index (χ1v) is 5.38. The maximum absolute atomic E-state index is 12.9. The predicted molar refractivity (Wildman–Crippen MR) is 57.2 cm³/mol. The van der Waals surface area contributed by atoms with E-state index in [0.717, 1.165) is 15.4 Å². The minimum atomic E-state index is -0.230. The minimum absolute atomic E-state index is 0.0147. The molecule has 0 saturated heterocycles. The van der Waals surface area contributed by atoms with Crippen LogP contribution in [0.15, 0.2) is 30.5 Å². The molecule has 0 unspecified atom stereocenters. The van der Waals surface area contributed by atoms with Gasteiger partial charge in [0, 0.05) is 12.6 Å². The van der Waals surface area contributed by atoms with Crippen molar-refractivity contribution in [1.29, 1.82) is 0 Å². The standard InChI is InChI=1S/C11H10FNOS/c12-9-3-1-2-8(4-9)5-11-13-6-10(7-14)15-11/h1-4,6,14H,5,7H2. The van der Waals surface area contributed by atoms with E-state index in [-0.39, 0.29) is 12.4 Å². The van der Waals surface area contributed by atoms with Crippen molar-refractivity contribution in [1.82, 2.24) is 4.98 Å². The number of aliphatic hydroxyl groups excluding tert-OH is 1. The van der Waals surface area contributed by atoms with Gasteiger partial charge in [-0.1, -0.05) is 12.1 Å². The number of benzene rings is 1. The van der Waals surface area contributed by atoms with Crippen molar-refractivity contribution in [2.24, 2.45) is 0 Å². The third-order valence-electron chi connectivity index (χ3n) is 2.00. The molecule has 0 aliphatic rings. The van der Waals surface area contributed by atoms with Gasteiger partial charge >= 0.3 is 0 Å². The van der Waals surface area contributed by atoms with Gasteiger partial charge in [-0.2, -0.15) is 0 Å². The van der Waals surface area contributed by atoms with Crippen LogP contribution in [0.25, 0.3) is 0 Å². The average molecular weight is 223 g/mol. The summed E-state index contributed by atoms with van der Waals surface area (Å²) in [6, 6.07) is 6.47. The molecular weight excluding hydrogens is 213 g/mol. The van der Waals surface area contributed by atoms with Crippen LogP contribution in [-0.2, 0) is 13.0 Å². The molecule has 4 heteroatoms. The van der Waals surface area contributed by atoms with Gasteiger partial charge in [0.25, 0.3) is 0 Å². The highest BCUT2D eigenvalue weighted by Gasteiger charge is 2.03. The number of aromatic nitrogens is 1. The van der Waals surface area contributed by atoms with E-state index in [1.165, 1.54) is 23.5 Å². The Labute approximate surface area is 91.0 Å². The Morgan fingerprint density at radius 1 is 1.40 bits per heavy atom. The number of hydrogen-bond donors (Lipinski definition) is 1. The average Bonchev–Trinajstić information content (AvgIpc) is 2.65. The lowest BCUT2D eigenvalue weighted by atomic mass is 10.1. The van der Waals surface area contributed by atoms with Crippen molar-refractivity contribution in [2.45, 2.75) is 13.0 Å². The van der Waals surface area contributed by atoms with Crippen LogP contribution in [0.3, 0.4) is 0 Å². The Morgan fingerprint density at radius 2 is 2.27 bits per heavy atom. The summed E-state index contributed by atoms with van der Waals surface area (Å²) in [6.45, 7) is 0.0147. The van der Waals surface area contributed by atoms with Crippen molar-refractivity contribution < 1.29 is 9.50 Å². The number of rotatable bonds is 3. The van der Waals surface area contributed by atoms with Crippen LogP contribution in [0.2, 0.25) is 0 Å². The Kier molecular flexibility index (Phi) is 3.08. The zero-order chi connectivity index (χ0) is 10.7. The van der Waals surface area contributed by atoms with Gasteiger partial charge in [-0.25, -0.2) is 9.37 Å². The molecule has 15 heavy (non-hydrogen) atoms. The summed E-state index contributed by atoms with van der Waals surface area (Å²) in [7, 11) is 0. The molecule has 0 fully saturated rings. The molecule has 0 aliphatic carbocycles. The fourth-order valence-electron chi connectivity index (χ4n) is 1.32. The van der Waals surface area contributed by atoms with Crippen molar-refractivity contribution in [2.75, 3.05) is 0 Å². The Balaban J connectivity index is 2.14. The summed E-state index contributed by atoms with van der Waals surface area (Å²) < 4.78 is 12.9. The van der Waals surface area contributed by atoms with E-state index in [9.17, 15) is 4.39 Å². The lowest BCUT2D eigenvalue weighted by Crippen LogP contribution is -1.87. The van der Waals surface area contributed by atoms with Gasteiger partial charge < -0.3 is 5.11 Å². The molecule has 0 spiro atoms. The molecule has 1 aromatic heterocycles. The normalized spacial score (nSPS) is 10.5. The topological polar surface area (TPSA) is 33.1 Å². The highest BCUT2D eigenvalue weighted by Crippen LogP contribution is 2.17. The van der Waals surface area contributed by atoms with E-state index in [4.69, 9.17) is 5.11 Å². The van der Waals surface area contributed by atoms with Crippen LogP contribution < -0.4 is 0 Å². The highest BCUT2D eigenvalue weighted by molar-refractivity contribution is 7.11. The minimum Gasteiger partial charge on any atom is -0.391 e. The van der Waals surface area contributed by atoms with Crippen LogP contribution in [0.4, 0.5) is 4.39 Å². The fourth-order valence-corrected chi connectivity index (χ4v) is 2.14. The number of nitrogens with zero attached hydrogens (tertiary/aromatic N) is 1. The van der Waals surface area contributed by atoms with Gasteiger partial charge in [0.1, 0.15) is 5.82 Å². The van der Waals surface area contributed by atoms with Gasteiger partial charge in [-0.15, -0.1) is 11.3 Å². The fraction of sp³-hybridized carbons (Fsp3) is 0.182. The van der Waals surface area contributed by atoms with Crippen LogP contribution in [0.5, 0.6) is 0 Å². The van der Waals surface area contributed by atoms with Crippen LogP contribution in [0, 0.1) is 5.82 Å². The van der Waals surface area contributed by atoms with Gasteiger partial charge in [0.15, 0.2) is 0 Å². The first-order chi connectivity index (χ1) is 7.28. The molecular formula is C11H10FNOS. The molecule has 2 nitrogen and oxygen atoms in total. The third kappa shape index (κ3) is 2.61. The van der Waals surface area contributed by atoms with Crippen LogP contribution in [-0.4, -0.2) is 10.1 Å². The number of halogens is 1. The molecule has 0 amide bonds. The lowest BCUT2D eigenvalue weighted by molar-refractivity contribution is 0.285. The van der Waals surface area contributed by atoms with Crippen molar-refractivity contribution in [3.63, 3.8) is 0 Å². The first-order valence-electron chi connectivity index (χ1n) is 4.57. The van der Waals surface area contributed by atoms with Crippen LogP contribution >= 0.6 is 11.3 Å². The molecule has 0 saturated carbocycles. The molecule has 2 aromatic rings. The van der Waals surface area contributed by atoms with Crippen molar-refractivity contribution in [3.8, 4) is 0 Å². The SMILES string of the molecule is OCc1cnc(Cc2cccc(F)c2)s1. The van der Waals surface area contributed by atoms with E-state index in [2.05, 4.69) is 4.98 Å². The monoisotopic (exact) mass is 223 g/mol. The maximum atomic E-state index is 12.9. The molecule has 0 bridgehead atoms. The van der Waals surface area contributed by atoms with Gasteiger partial charge in [0.05, 0.1) is 16.5 Å². The first kappa shape index (κ1) is 10.3. The zero-order valence-corrected chi connectivity index (χ0v) is 8.80. The summed E-state index contributed by atoms with van der Waals surface area (Å²) in [5.74, 6) is -0.230. The predicted octanol–water partition coefficient (Wildman–Crippen LogP) is 2.37. The summed E-state index contributed by atoms with van der Waals surface area (Å²) in [6.07, 6.45) is 2.27. The third-order valence-corrected chi connectivity index (χ3v) is 2.98. The molecule has 2 rings (SSSR count). The van der Waals surface area contributed by atoms with E-state index in [0.29, 0.717) is 6.42 Å². The molecule has 1 aromatic carbocycles. The van der Waals surface area contributed by atoms with E-state index < -0.39 is 0 Å². The smallest absolute Gasteiger partial charge is 0.123 e. The Bertz CT molecular complexity index is 455. The van der Waals surface area contributed by atoms with Crippen molar-refractivity contribution in [3.05, 3.63) is 51.7 Å². The second-order valence-corrected chi connectivity index (χ2v) is 4.38. The van der Waals surface area contributed by atoms with Gasteiger partial charge in [-0.3, -0.25) is 0 Å². The highest BCUT2D eigenvalue weighted by atomic mass is 32.1. The largest absolute Gasteiger partial charge is 0.391 e. The number of aliphatic hydroxyl groups is 1. The van der Waals surface area contributed by atoms with E-state index in [1.807, 2.05) is 6.07 Å². The van der Waals surface area contributed by atoms with Crippen molar-refractivity contribution >= 4 is 11.3 Å². The Hall–Kier alpha value is -1.26. The van der Waals surface area contributed by atoms with Crippen LogP contribution in [0.1, 0.15) is 15.4 Å². The summed E-state index contributed by atoms with van der Waals surface area (Å²) >= 11 is 1.45. The molecule has 0 atom stereocenters. The second kappa shape index (κ2) is 4.51. The lowest BCUT2D eigenvalue weighted by Gasteiger charge is -1.97. The summed E-state index contributed by atoms with van der Waals surface area (Å²) in [5.41, 5.74) is 0.897. The van der Waals surface area contributed by atoms with Gasteiger partial charge in [-0.05, 0) is 17.7 Å². The number of hydrogen-bond acceptors (Lipinski definition) is 3. The molecule has 1 N–H and O–H groups in total. The maximum Gasteiger partial charge on any atom is 0.123 e. The summed E-state index contributed by atoms with van der Waals surface area (Å²) in [4.78, 5) is 4.98. The molecule has 0 aliphatic heterocycles. The second-order valence-electron chi connectivity index (χ2n) is 3.19. The quantitative estimate of drug-likeness (QED) is 0.866. The molecule has 78 valence electrons. The molecule has 1 heterocycles. The van der Waals surface area contributed by atoms with E-state index >= 15 is 0 Å². The summed E-state index contributed by atoms with van der Waals surface area (Å²) in [5, 5.41) is 9.76. The molecule has 0 radical (unpaired) electrons. The van der Waals surface area contributed by atoms with Gasteiger partial charge in [0.2, 0.25) is 0 Å². The Morgan fingerprint density at radius 3 is 2.93 bits per heavy atom. The zero-order valence-electron chi connectivity index (χ0n) is 7.98.